The summed E-state index contributed by atoms with van der Waals surface area (Å²) >= 11 is 8.54. The lowest BCUT2D eigenvalue weighted by Gasteiger charge is -2.11. The first-order valence-electron chi connectivity index (χ1n) is 8.69. The van der Waals surface area contributed by atoms with Crippen LogP contribution in [0.1, 0.15) is 43.0 Å². The first-order chi connectivity index (χ1) is 12.6. The van der Waals surface area contributed by atoms with E-state index in [0.29, 0.717) is 5.56 Å². The summed E-state index contributed by atoms with van der Waals surface area (Å²) in [4.78, 5) is 12.1. The van der Waals surface area contributed by atoms with E-state index in [1.165, 1.54) is 19.3 Å². The highest BCUT2D eigenvalue weighted by molar-refractivity contribution is 9.10. The molecule has 0 saturated carbocycles. The minimum absolute atomic E-state index is 0.248. The zero-order chi connectivity index (χ0) is 18.8. The second kappa shape index (κ2) is 10.9. The molecule has 0 aromatic heterocycles. The van der Waals surface area contributed by atoms with E-state index in [9.17, 15) is 4.79 Å². The quantitative estimate of drug-likeness (QED) is 0.423. The second-order valence-electron chi connectivity index (χ2n) is 5.85. The Hall–Kier alpha value is -1.92. The molecule has 2 aromatic carbocycles. The van der Waals surface area contributed by atoms with Crippen molar-refractivity contribution in [1.29, 1.82) is 0 Å². The molecule has 0 saturated heterocycles. The fourth-order valence-corrected chi connectivity index (χ4v) is 2.77. The number of amides is 1. The number of unbranched alkanes of at least 4 members (excludes halogenated alkanes) is 3. The van der Waals surface area contributed by atoms with Crippen molar-refractivity contribution in [1.82, 2.24) is 5.32 Å². The summed E-state index contributed by atoms with van der Waals surface area (Å²) in [6, 6.07) is 14.6. The number of thiocarbonyl (C=S) groups is 1. The van der Waals surface area contributed by atoms with Crippen LogP contribution in [0.25, 0.3) is 0 Å². The number of hydrogen-bond acceptors (Lipinski definition) is 3. The molecular weight excluding hydrogens is 412 g/mol. The molecule has 0 radical (unpaired) electrons. The minimum Gasteiger partial charge on any atom is -0.494 e. The number of carbonyl (C=O) groups is 1. The fourth-order valence-electron chi connectivity index (χ4n) is 2.29. The maximum absolute atomic E-state index is 12.1. The SMILES string of the molecule is CCCCCCOc1ccc(NC(=S)NC(=O)c2ccc(Br)cc2)cc1. The van der Waals surface area contributed by atoms with Crippen molar-refractivity contribution in [3.8, 4) is 5.75 Å². The number of hydrogen-bond donors (Lipinski definition) is 2. The van der Waals surface area contributed by atoms with Crippen molar-refractivity contribution in [3.63, 3.8) is 0 Å². The Morgan fingerprint density at radius 1 is 1.04 bits per heavy atom. The van der Waals surface area contributed by atoms with Crippen LogP contribution >= 0.6 is 28.1 Å². The standard InChI is InChI=1S/C20H23BrN2O2S/c1-2-3-4-5-14-25-18-12-10-17(11-13-18)22-20(26)23-19(24)15-6-8-16(21)9-7-15/h6-13H,2-5,14H2,1H3,(H2,22,23,24,26). The van der Waals surface area contributed by atoms with E-state index in [2.05, 4.69) is 33.5 Å². The molecule has 0 aliphatic rings. The molecule has 26 heavy (non-hydrogen) atoms. The Kier molecular flexibility index (Phi) is 8.58. The highest BCUT2D eigenvalue weighted by Gasteiger charge is 2.07. The van der Waals surface area contributed by atoms with Gasteiger partial charge in [0.2, 0.25) is 0 Å². The molecule has 6 heteroatoms. The Morgan fingerprint density at radius 3 is 2.38 bits per heavy atom. The number of nitrogens with one attached hydrogen (secondary N) is 2. The average molecular weight is 435 g/mol. The summed E-state index contributed by atoms with van der Waals surface area (Å²) in [6.07, 6.45) is 4.73. The van der Waals surface area contributed by atoms with E-state index in [-0.39, 0.29) is 11.0 Å². The highest BCUT2D eigenvalue weighted by atomic mass is 79.9. The van der Waals surface area contributed by atoms with Gasteiger partial charge in [0.15, 0.2) is 5.11 Å². The van der Waals surface area contributed by atoms with E-state index in [1.807, 2.05) is 36.4 Å². The Balaban J connectivity index is 1.78. The molecule has 2 rings (SSSR count). The molecule has 0 aliphatic heterocycles. The van der Waals surface area contributed by atoms with E-state index < -0.39 is 0 Å². The summed E-state index contributed by atoms with van der Waals surface area (Å²) < 4.78 is 6.63. The number of halogens is 1. The average Bonchev–Trinajstić information content (AvgIpc) is 2.63. The van der Waals surface area contributed by atoms with Crippen molar-refractivity contribution in [3.05, 3.63) is 58.6 Å². The van der Waals surface area contributed by atoms with Gasteiger partial charge < -0.3 is 10.1 Å². The third-order valence-corrected chi connectivity index (χ3v) is 4.45. The number of benzene rings is 2. The lowest BCUT2D eigenvalue weighted by molar-refractivity contribution is 0.0977. The van der Waals surface area contributed by atoms with Crippen LogP contribution in [-0.4, -0.2) is 17.6 Å². The molecule has 138 valence electrons. The van der Waals surface area contributed by atoms with Gasteiger partial charge in [0.1, 0.15) is 5.75 Å². The Labute approximate surface area is 168 Å². The minimum atomic E-state index is -0.248. The smallest absolute Gasteiger partial charge is 0.257 e. The van der Waals surface area contributed by atoms with Crippen molar-refractivity contribution < 1.29 is 9.53 Å². The summed E-state index contributed by atoms with van der Waals surface area (Å²) in [5.41, 5.74) is 1.34. The highest BCUT2D eigenvalue weighted by Crippen LogP contribution is 2.16. The van der Waals surface area contributed by atoms with Crippen molar-refractivity contribution >= 4 is 44.9 Å². The van der Waals surface area contributed by atoms with Gasteiger partial charge in [-0.1, -0.05) is 42.1 Å². The van der Waals surface area contributed by atoms with Gasteiger partial charge >= 0.3 is 0 Å². The van der Waals surface area contributed by atoms with Gasteiger partial charge in [-0.25, -0.2) is 0 Å². The molecule has 1 amide bonds. The normalized spacial score (nSPS) is 10.2. The fraction of sp³-hybridized carbons (Fsp3) is 0.300. The third-order valence-electron chi connectivity index (χ3n) is 3.71. The molecule has 0 fully saturated rings. The molecule has 2 aromatic rings. The maximum Gasteiger partial charge on any atom is 0.257 e. The van der Waals surface area contributed by atoms with Gasteiger partial charge in [-0.2, -0.15) is 0 Å². The van der Waals surface area contributed by atoms with Crippen molar-refractivity contribution in [2.75, 3.05) is 11.9 Å². The molecule has 0 spiro atoms. The molecule has 4 nitrogen and oxygen atoms in total. The van der Waals surface area contributed by atoms with Crippen LogP contribution in [0.2, 0.25) is 0 Å². The summed E-state index contributed by atoms with van der Waals surface area (Å²) in [5.74, 6) is 0.582. The second-order valence-corrected chi connectivity index (χ2v) is 7.17. The molecular formula is C20H23BrN2O2S. The van der Waals surface area contributed by atoms with Crippen LogP contribution in [0.15, 0.2) is 53.0 Å². The van der Waals surface area contributed by atoms with Crippen LogP contribution in [0.5, 0.6) is 5.75 Å². The lowest BCUT2D eigenvalue weighted by atomic mass is 10.2. The van der Waals surface area contributed by atoms with Gasteiger partial charge in [-0.3, -0.25) is 10.1 Å². The lowest BCUT2D eigenvalue weighted by Crippen LogP contribution is -2.34. The van der Waals surface area contributed by atoms with Crippen molar-refractivity contribution in [2.45, 2.75) is 32.6 Å². The summed E-state index contributed by atoms with van der Waals surface area (Å²) in [7, 11) is 0. The van der Waals surface area contributed by atoms with Gasteiger partial charge in [-0.15, -0.1) is 0 Å². The van der Waals surface area contributed by atoms with Gasteiger partial charge in [0, 0.05) is 15.7 Å². The summed E-state index contributed by atoms with van der Waals surface area (Å²) in [6.45, 7) is 2.92. The maximum atomic E-state index is 12.1. The van der Waals surface area contributed by atoms with E-state index in [0.717, 1.165) is 28.9 Å². The van der Waals surface area contributed by atoms with E-state index >= 15 is 0 Å². The monoisotopic (exact) mass is 434 g/mol. The topological polar surface area (TPSA) is 50.4 Å². The molecule has 0 heterocycles. The van der Waals surface area contributed by atoms with Crippen LogP contribution < -0.4 is 15.4 Å². The molecule has 0 bridgehead atoms. The van der Waals surface area contributed by atoms with Crippen LogP contribution in [0.4, 0.5) is 5.69 Å². The Bertz CT molecular complexity index is 718. The van der Waals surface area contributed by atoms with E-state index in [4.69, 9.17) is 17.0 Å². The third kappa shape index (κ3) is 7.14. The molecule has 0 atom stereocenters. The Morgan fingerprint density at radius 2 is 1.73 bits per heavy atom. The zero-order valence-electron chi connectivity index (χ0n) is 14.8. The van der Waals surface area contributed by atoms with Gasteiger partial charge in [-0.05, 0) is 67.2 Å². The summed E-state index contributed by atoms with van der Waals surface area (Å²) in [5, 5.41) is 5.92. The van der Waals surface area contributed by atoms with Gasteiger partial charge in [0.05, 0.1) is 6.61 Å². The first-order valence-corrected chi connectivity index (χ1v) is 9.89. The predicted octanol–water partition coefficient (Wildman–Crippen LogP) is 5.54. The predicted molar refractivity (Wildman–Crippen MR) is 114 cm³/mol. The zero-order valence-corrected chi connectivity index (χ0v) is 17.2. The van der Waals surface area contributed by atoms with E-state index in [1.54, 1.807) is 12.1 Å². The van der Waals surface area contributed by atoms with Crippen LogP contribution in [0, 0.1) is 0 Å². The molecule has 0 aliphatic carbocycles. The molecule has 2 N–H and O–H groups in total. The van der Waals surface area contributed by atoms with Crippen LogP contribution in [0.3, 0.4) is 0 Å². The molecule has 0 unspecified atom stereocenters. The first kappa shape index (κ1) is 20.4. The van der Waals surface area contributed by atoms with Crippen LogP contribution in [-0.2, 0) is 0 Å². The number of anilines is 1. The number of carbonyl (C=O) groups excluding carboxylic acids is 1. The van der Waals surface area contributed by atoms with Crippen molar-refractivity contribution in [2.24, 2.45) is 0 Å². The number of ether oxygens (including phenoxy) is 1. The largest absolute Gasteiger partial charge is 0.494 e. The van der Waals surface area contributed by atoms with Gasteiger partial charge in [0.25, 0.3) is 5.91 Å². The number of rotatable bonds is 8.